The van der Waals surface area contributed by atoms with Gasteiger partial charge in [0.2, 0.25) is 0 Å². The van der Waals surface area contributed by atoms with E-state index in [0.29, 0.717) is 11.3 Å². The van der Waals surface area contributed by atoms with E-state index in [4.69, 9.17) is 5.73 Å². The van der Waals surface area contributed by atoms with E-state index in [1.165, 1.54) is 0 Å². The number of nitrogens with one attached hydrogen (secondary N) is 1. The van der Waals surface area contributed by atoms with Crippen LogP contribution in [0.5, 0.6) is 0 Å². The second kappa shape index (κ2) is 5.39. The van der Waals surface area contributed by atoms with E-state index in [0.717, 1.165) is 12.8 Å². The highest BCUT2D eigenvalue weighted by Crippen LogP contribution is 2.06. The summed E-state index contributed by atoms with van der Waals surface area (Å²) >= 11 is 0. The van der Waals surface area contributed by atoms with E-state index < -0.39 is 0 Å². The van der Waals surface area contributed by atoms with E-state index in [2.05, 4.69) is 12.2 Å². The normalized spacial score (nSPS) is 12.1. The van der Waals surface area contributed by atoms with Crippen molar-refractivity contribution in [2.45, 2.75) is 32.7 Å². The van der Waals surface area contributed by atoms with Crippen LogP contribution in [0.3, 0.4) is 0 Å². The molecular weight excluding hydrogens is 188 g/mol. The summed E-state index contributed by atoms with van der Waals surface area (Å²) in [5.74, 6) is -0.0315. The van der Waals surface area contributed by atoms with E-state index in [-0.39, 0.29) is 11.9 Å². The minimum absolute atomic E-state index is 0.0315. The zero-order chi connectivity index (χ0) is 11.3. The van der Waals surface area contributed by atoms with Gasteiger partial charge in [-0.15, -0.1) is 0 Å². The van der Waals surface area contributed by atoms with Crippen LogP contribution >= 0.6 is 0 Å². The third kappa shape index (κ3) is 3.62. The molecule has 15 heavy (non-hydrogen) atoms. The number of carbonyl (C=O) groups is 1. The van der Waals surface area contributed by atoms with E-state index >= 15 is 0 Å². The molecule has 0 bridgehead atoms. The molecule has 0 heterocycles. The van der Waals surface area contributed by atoms with E-state index in [9.17, 15) is 4.79 Å². The Morgan fingerprint density at radius 1 is 1.40 bits per heavy atom. The van der Waals surface area contributed by atoms with Crippen molar-refractivity contribution in [1.29, 1.82) is 0 Å². The smallest absolute Gasteiger partial charge is 0.251 e. The van der Waals surface area contributed by atoms with Crippen molar-refractivity contribution in [3.05, 3.63) is 29.8 Å². The highest BCUT2D eigenvalue weighted by atomic mass is 16.1. The number of amides is 1. The van der Waals surface area contributed by atoms with Crippen LogP contribution in [-0.2, 0) is 0 Å². The molecule has 0 saturated heterocycles. The molecule has 1 atom stereocenters. The molecule has 0 aromatic heterocycles. The topological polar surface area (TPSA) is 55.1 Å². The average Bonchev–Trinajstić information content (AvgIpc) is 2.18. The lowest BCUT2D eigenvalue weighted by Gasteiger charge is -2.12. The van der Waals surface area contributed by atoms with Crippen molar-refractivity contribution >= 4 is 11.6 Å². The number of hydrogen-bond donors (Lipinski definition) is 2. The number of carbonyl (C=O) groups excluding carboxylic acids is 1. The number of rotatable bonds is 4. The highest BCUT2D eigenvalue weighted by Gasteiger charge is 2.08. The molecule has 0 saturated carbocycles. The van der Waals surface area contributed by atoms with Crippen LogP contribution in [0, 0.1) is 0 Å². The predicted molar refractivity (Wildman–Crippen MR) is 62.7 cm³/mol. The monoisotopic (exact) mass is 206 g/mol. The van der Waals surface area contributed by atoms with Gasteiger partial charge in [-0.1, -0.05) is 13.3 Å². The molecule has 1 rings (SSSR count). The summed E-state index contributed by atoms with van der Waals surface area (Å²) in [5.41, 5.74) is 6.88. The molecule has 1 aromatic rings. The first-order valence-electron chi connectivity index (χ1n) is 5.30. The van der Waals surface area contributed by atoms with E-state index in [1.54, 1.807) is 24.3 Å². The summed E-state index contributed by atoms with van der Waals surface area (Å²) in [6.45, 7) is 4.12. The summed E-state index contributed by atoms with van der Waals surface area (Å²) in [6.07, 6.45) is 2.07. The van der Waals surface area contributed by atoms with Gasteiger partial charge in [-0.2, -0.15) is 0 Å². The maximum Gasteiger partial charge on any atom is 0.251 e. The second-order valence-corrected chi connectivity index (χ2v) is 3.79. The van der Waals surface area contributed by atoms with Gasteiger partial charge in [-0.3, -0.25) is 4.79 Å². The summed E-state index contributed by atoms with van der Waals surface area (Å²) in [4.78, 5) is 11.7. The Morgan fingerprint density at radius 3 is 2.53 bits per heavy atom. The van der Waals surface area contributed by atoms with Crippen LogP contribution in [0.25, 0.3) is 0 Å². The van der Waals surface area contributed by atoms with Gasteiger partial charge in [-0.05, 0) is 37.6 Å². The molecule has 0 aliphatic rings. The van der Waals surface area contributed by atoms with Crippen LogP contribution < -0.4 is 11.1 Å². The van der Waals surface area contributed by atoms with Crippen LogP contribution in [0.2, 0.25) is 0 Å². The predicted octanol–water partition coefficient (Wildman–Crippen LogP) is 2.19. The van der Waals surface area contributed by atoms with Crippen molar-refractivity contribution in [3.63, 3.8) is 0 Å². The number of anilines is 1. The summed E-state index contributed by atoms with van der Waals surface area (Å²) in [7, 11) is 0. The highest BCUT2D eigenvalue weighted by molar-refractivity contribution is 5.94. The maximum atomic E-state index is 11.7. The number of nitrogen functional groups attached to an aromatic ring is 1. The van der Waals surface area contributed by atoms with Crippen LogP contribution in [-0.4, -0.2) is 11.9 Å². The standard InChI is InChI=1S/C12H18N2O/c1-3-4-9(2)14-12(15)10-5-7-11(13)8-6-10/h5-9H,3-4,13H2,1-2H3,(H,14,15). The first kappa shape index (κ1) is 11.6. The van der Waals surface area contributed by atoms with Crippen molar-refractivity contribution in [2.75, 3.05) is 5.73 Å². The minimum Gasteiger partial charge on any atom is -0.399 e. The largest absolute Gasteiger partial charge is 0.399 e. The summed E-state index contributed by atoms with van der Waals surface area (Å²) in [5, 5.41) is 2.94. The van der Waals surface area contributed by atoms with Crippen LogP contribution in [0.4, 0.5) is 5.69 Å². The molecule has 0 aliphatic heterocycles. The number of hydrogen-bond acceptors (Lipinski definition) is 2. The van der Waals surface area contributed by atoms with Gasteiger partial charge >= 0.3 is 0 Å². The van der Waals surface area contributed by atoms with E-state index in [1.807, 2.05) is 6.92 Å². The fraction of sp³-hybridized carbons (Fsp3) is 0.417. The lowest BCUT2D eigenvalue weighted by atomic mass is 10.1. The fourth-order valence-corrected chi connectivity index (χ4v) is 1.45. The molecule has 0 radical (unpaired) electrons. The van der Waals surface area contributed by atoms with Gasteiger partial charge in [0, 0.05) is 17.3 Å². The summed E-state index contributed by atoms with van der Waals surface area (Å²) in [6, 6.07) is 7.17. The molecular formula is C12H18N2O. The van der Waals surface area contributed by atoms with Gasteiger partial charge < -0.3 is 11.1 Å². The SMILES string of the molecule is CCCC(C)NC(=O)c1ccc(N)cc1. The first-order valence-corrected chi connectivity index (χ1v) is 5.30. The molecule has 0 aliphatic carbocycles. The summed E-state index contributed by atoms with van der Waals surface area (Å²) < 4.78 is 0. The third-order valence-electron chi connectivity index (χ3n) is 2.27. The van der Waals surface area contributed by atoms with Crippen molar-refractivity contribution in [1.82, 2.24) is 5.32 Å². The number of benzene rings is 1. The van der Waals surface area contributed by atoms with Gasteiger partial charge in [-0.25, -0.2) is 0 Å². The molecule has 1 aromatic carbocycles. The third-order valence-corrected chi connectivity index (χ3v) is 2.27. The zero-order valence-electron chi connectivity index (χ0n) is 9.29. The lowest BCUT2D eigenvalue weighted by molar-refractivity contribution is 0.0938. The van der Waals surface area contributed by atoms with Gasteiger partial charge in [0.1, 0.15) is 0 Å². The Balaban J connectivity index is 2.57. The molecule has 1 amide bonds. The van der Waals surface area contributed by atoms with Gasteiger partial charge in [0.15, 0.2) is 0 Å². The molecule has 3 heteroatoms. The first-order chi connectivity index (χ1) is 7.13. The Hall–Kier alpha value is -1.51. The molecule has 0 spiro atoms. The molecule has 3 N–H and O–H groups in total. The molecule has 82 valence electrons. The van der Waals surface area contributed by atoms with Crippen LogP contribution in [0.1, 0.15) is 37.0 Å². The fourth-order valence-electron chi connectivity index (χ4n) is 1.45. The van der Waals surface area contributed by atoms with Crippen molar-refractivity contribution < 1.29 is 4.79 Å². The lowest BCUT2D eigenvalue weighted by Crippen LogP contribution is -2.32. The second-order valence-electron chi connectivity index (χ2n) is 3.79. The number of nitrogens with two attached hydrogens (primary N) is 1. The Bertz CT molecular complexity index is 319. The molecule has 1 unspecified atom stereocenters. The van der Waals surface area contributed by atoms with Crippen molar-refractivity contribution in [2.24, 2.45) is 0 Å². The van der Waals surface area contributed by atoms with Crippen molar-refractivity contribution in [3.8, 4) is 0 Å². The van der Waals surface area contributed by atoms with Crippen LogP contribution in [0.15, 0.2) is 24.3 Å². The molecule has 3 nitrogen and oxygen atoms in total. The quantitative estimate of drug-likeness (QED) is 0.742. The van der Waals surface area contributed by atoms with Gasteiger partial charge in [0.25, 0.3) is 5.91 Å². The Kier molecular flexibility index (Phi) is 4.16. The Labute approximate surface area is 90.7 Å². The minimum atomic E-state index is -0.0315. The van der Waals surface area contributed by atoms with Gasteiger partial charge in [0.05, 0.1) is 0 Å². The average molecular weight is 206 g/mol. The maximum absolute atomic E-state index is 11.7. The Morgan fingerprint density at radius 2 is 2.00 bits per heavy atom. The zero-order valence-corrected chi connectivity index (χ0v) is 9.29. The molecule has 0 fully saturated rings.